The molecule has 0 heterocycles. The van der Waals surface area contributed by atoms with Gasteiger partial charge in [-0.05, 0) is 24.8 Å². The number of ether oxygens (including phenoxy) is 2. The minimum Gasteiger partial charge on any atom is -0.493 e. The second-order valence-corrected chi connectivity index (χ2v) is 4.95. The molecular formula is C15H17NO4. The lowest BCUT2D eigenvalue weighted by Crippen LogP contribution is -2.10. The number of aliphatic carboxylic acids is 1. The van der Waals surface area contributed by atoms with Crippen molar-refractivity contribution in [3.8, 4) is 17.6 Å². The number of hydrogen-bond donors (Lipinski definition) is 1. The summed E-state index contributed by atoms with van der Waals surface area (Å²) in [5.41, 5.74) is 1.21. The van der Waals surface area contributed by atoms with Gasteiger partial charge in [0.1, 0.15) is 0 Å². The summed E-state index contributed by atoms with van der Waals surface area (Å²) < 4.78 is 10.6. The molecule has 0 amide bonds. The van der Waals surface area contributed by atoms with Crippen LogP contribution in [-0.4, -0.2) is 25.3 Å². The van der Waals surface area contributed by atoms with Gasteiger partial charge in [-0.2, -0.15) is 5.26 Å². The zero-order chi connectivity index (χ0) is 14.7. The Labute approximate surface area is 117 Å². The molecule has 1 fully saturated rings. The average molecular weight is 275 g/mol. The monoisotopic (exact) mass is 275 g/mol. The van der Waals surface area contributed by atoms with E-state index in [0.717, 1.165) is 18.4 Å². The summed E-state index contributed by atoms with van der Waals surface area (Å²) in [7, 11) is 3.03. The molecular weight excluding hydrogens is 258 g/mol. The van der Waals surface area contributed by atoms with Crippen LogP contribution in [0.15, 0.2) is 12.1 Å². The Morgan fingerprint density at radius 1 is 1.45 bits per heavy atom. The molecule has 1 saturated carbocycles. The average Bonchev–Trinajstić information content (AvgIpc) is 3.27. The molecule has 5 nitrogen and oxygen atoms in total. The Morgan fingerprint density at radius 3 is 2.60 bits per heavy atom. The van der Waals surface area contributed by atoms with Crippen LogP contribution in [0.1, 0.15) is 36.3 Å². The van der Waals surface area contributed by atoms with E-state index in [1.807, 2.05) is 0 Å². The first-order valence-corrected chi connectivity index (χ1v) is 6.48. The van der Waals surface area contributed by atoms with Gasteiger partial charge in [-0.15, -0.1) is 0 Å². The smallest absolute Gasteiger partial charge is 0.303 e. The Hall–Kier alpha value is -2.22. The van der Waals surface area contributed by atoms with Crippen molar-refractivity contribution in [1.82, 2.24) is 0 Å². The van der Waals surface area contributed by atoms with Crippen LogP contribution < -0.4 is 9.47 Å². The van der Waals surface area contributed by atoms with Gasteiger partial charge in [-0.1, -0.05) is 0 Å². The van der Waals surface area contributed by atoms with Gasteiger partial charge in [-0.3, -0.25) is 4.79 Å². The Kier molecular flexibility index (Phi) is 4.14. The first-order chi connectivity index (χ1) is 9.60. The van der Waals surface area contributed by atoms with Crippen molar-refractivity contribution < 1.29 is 19.4 Å². The number of nitriles is 1. The van der Waals surface area contributed by atoms with Gasteiger partial charge in [0.25, 0.3) is 0 Å². The predicted octanol–water partition coefficient (Wildman–Crippen LogP) is 2.54. The maximum absolute atomic E-state index is 11.1. The number of hydrogen-bond acceptors (Lipinski definition) is 4. The van der Waals surface area contributed by atoms with Crippen LogP contribution >= 0.6 is 0 Å². The third-order valence-corrected chi connectivity index (χ3v) is 3.62. The highest BCUT2D eigenvalue weighted by Crippen LogP contribution is 2.49. The summed E-state index contributed by atoms with van der Waals surface area (Å²) >= 11 is 0. The van der Waals surface area contributed by atoms with E-state index >= 15 is 0 Å². The largest absolute Gasteiger partial charge is 0.493 e. The normalized spacial score (nSPS) is 15.2. The fourth-order valence-electron chi connectivity index (χ4n) is 2.55. The third kappa shape index (κ3) is 2.85. The van der Waals surface area contributed by atoms with Crippen LogP contribution in [0.3, 0.4) is 0 Å². The van der Waals surface area contributed by atoms with Crippen molar-refractivity contribution in [1.29, 1.82) is 5.26 Å². The van der Waals surface area contributed by atoms with Crippen molar-refractivity contribution >= 4 is 5.97 Å². The Balaban J connectivity index is 2.51. The van der Waals surface area contributed by atoms with Crippen LogP contribution in [0.25, 0.3) is 0 Å². The maximum Gasteiger partial charge on any atom is 0.303 e. The second-order valence-electron chi connectivity index (χ2n) is 4.95. The zero-order valence-corrected chi connectivity index (χ0v) is 11.5. The summed E-state index contributed by atoms with van der Waals surface area (Å²) in [4.78, 5) is 11.1. The van der Waals surface area contributed by atoms with Gasteiger partial charge in [0.2, 0.25) is 0 Å². The predicted molar refractivity (Wildman–Crippen MR) is 72.0 cm³/mol. The number of nitrogens with zero attached hydrogens (tertiary/aromatic N) is 1. The van der Waals surface area contributed by atoms with Crippen LogP contribution in [0.2, 0.25) is 0 Å². The third-order valence-electron chi connectivity index (χ3n) is 3.62. The van der Waals surface area contributed by atoms with Crippen LogP contribution in [0.4, 0.5) is 0 Å². The number of rotatable bonds is 6. The Morgan fingerprint density at radius 2 is 2.15 bits per heavy atom. The first kappa shape index (κ1) is 14.2. The van der Waals surface area contributed by atoms with Gasteiger partial charge in [0, 0.05) is 17.5 Å². The lowest BCUT2D eigenvalue weighted by molar-refractivity contribution is -0.137. The molecule has 5 heteroatoms. The van der Waals surface area contributed by atoms with E-state index in [1.54, 1.807) is 12.1 Å². The fourth-order valence-corrected chi connectivity index (χ4v) is 2.55. The highest BCUT2D eigenvalue weighted by Gasteiger charge is 2.36. The second kappa shape index (κ2) is 5.83. The summed E-state index contributed by atoms with van der Waals surface area (Å²) in [5, 5.41) is 18.2. The molecule has 1 N–H and O–H groups in total. The van der Waals surface area contributed by atoms with E-state index in [0.29, 0.717) is 23.0 Å². The lowest BCUT2D eigenvalue weighted by atomic mass is 9.89. The van der Waals surface area contributed by atoms with Crippen LogP contribution in [0, 0.1) is 17.2 Å². The molecule has 1 aliphatic rings. The van der Waals surface area contributed by atoms with E-state index in [9.17, 15) is 4.79 Å². The van der Waals surface area contributed by atoms with E-state index < -0.39 is 5.97 Å². The maximum atomic E-state index is 11.1. The zero-order valence-electron chi connectivity index (χ0n) is 11.5. The number of carbonyl (C=O) groups is 1. The van der Waals surface area contributed by atoms with Gasteiger partial charge < -0.3 is 14.6 Å². The minimum atomic E-state index is -0.842. The highest BCUT2D eigenvalue weighted by molar-refractivity contribution is 5.69. The number of methoxy groups -OCH3 is 2. The molecule has 20 heavy (non-hydrogen) atoms. The summed E-state index contributed by atoms with van der Waals surface area (Å²) in [6, 6.07) is 5.40. The number of carboxylic acid groups (broad SMARTS) is 1. The van der Waals surface area contributed by atoms with Gasteiger partial charge in [-0.25, -0.2) is 0 Å². The molecule has 2 rings (SSSR count). The molecule has 1 unspecified atom stereocenters. The molecule has 1 aromatic carbocycles. The van der Waals surface area contributed by atoms with E-state index in [4.69, 9.17) is 19.8 Å². The standard InChI is InChI=1S/C15H17NO4/c1-19-13-6-9(8-16)5-12(15(13)20-2)11(7-14(17)18)10-3-4-10/h5-6,10-11H,3-4,7H2,1-2H3,(H,17,18). The molecule has 0 spiro atoms. The van der Waals surface area contributed by atoms with Crippen molar-refractivity contribution in [2.24, 2.45) is 5.92 Å². The van der Waals surface area contributed by atoms with Gasteiger partial charge in [0.15, 0.2) is 11.5 Å². The molecule has 0 aliphatic heterocycles. The fraction of sp³-hybridized carbons (Fsp3) is 0.467. The summed E-state index contributed by atoms with van der Waals surface area (Å²) in [5.74, 6) is 0.371. The van der Waals surface area contributed by atoms with Crippen molar-refractivity contribution in [2.45, 2.75) is 25.2 Å². The van der Waals surface area contributed by atoms with Crippen molar-refractivity contribution in [3.63, 3.8) is 0 Å². The SMILES string of the molecule is COc1cc(C#N)cc(C(CC(=O)O)C2CC2)c1OC. The topological polar surface area (TPSA) is 79.5 Å². The van der Waals surface area contributed by atoms with E-state index in [2.05, 4.69) is 6.07 Å². The molecule has 0 saturated heterocycles. The molecule has 106 valence electrons. The van der Waals surface area contributed by atoms with E-state index in [1.165, 1.54) is 14.2 Å². The quantitative estimate of drug-likeness (QED) is 0.863. The summed E-state index contributed by atoms with van der Waals surface area (Å²) in [6.07, 6.45) is 2.07. The molecule has 1 aromatic rings. The molecule has 0 bridgehead atoms. The minimum absolute atomic E-state index is 0.0407. The lowest BCUT2D eigenvalue weighted by Gasteiger charge is -2.20. The van der Waals surface area contributed by atoms with Crippen LogP contribution in [0.5, 0.6) is 11.5 Å². The molecule has 1 aliphatic carbocycles. The van der Waals surface area contributed by atoms with Crippen molar-refractivity contribution in [2.75, 3.05) is 14.2 Å². The number of benzene rings is 1. The number of carboxylic acids is 1. The first-order valence-electron chi connectivity index (χ1n) is 6.48. The van der Waals surface area contributed by atoms with Crippen molar-refractivity contribution in [3.05, 3.63) is 23.3 Å². The molecule has 1 atom stereocenters. The van der Waals surface area contributed by atoms with E-state index in [-0.39, 0.29) is 12.3 Å². The van der Waals surface area contributed by atoms with Crippen LogP contribution in [-0.2, 0) is 4.79 Å². The summed E-state index contributed by atoms with van der Waals surface area (Å²) in [6.45, 7) is 0. The van der Waals surface area contributed by atoms with Gasteiger partial charge in [0.05, 0.1) is 32.3 Å². The highest BCUT2D eigenvalue weighted by atomic mass is 16.5. The Bertz CT molecular complexity index is 558. The molecule has 0 aromatic heterocycles. The van der Waals surface area contributed by atoms with Gasteiger partial charge >= 0.3 is 5.97 Å². The molecule has 0 radical (unpaired) electrons.